The molecule has 0 fully saturated rings. The maximum atomic E-state index is 13.2. The summed E-state index contributed by atoms with van der Waals surface area (Å²) in [5.74, 6) is -0.196. The smallest absolute Gasteiger partial charge is 0.254 e. The zero-order chi connectivity index (χ0) is 19.9. The quantitative estimate of drug-likeness (QED) is 0.688. The Kier molecular flexibility index (Phi) is 7.53. The third kappa shape index (κ3) is 5.63. The fourth-order valence-electron chi connectivity index (χ4n) is 2.78. The lowest BCUT2D eigenvalue weighted by atomic mass is 10.1. The topological polar surface area (TPSA) is 92.5 Å². The van der Waals surface area contributed by atoms with Crippen LogP contribution < -0.4 is 10.5 Å². The summed E-state index contributed by atoms with van der Waals surface area (Å²) in [6.07, 6.45) is 0.674. The van der Waals surface area contributed by atoms with Gasteiger partial charge in [-0.2, -0.15) is 0 Å². The molecule has 0 aromatic heterocycles. The van der Waals surface area contributed by atoms with Crippen molar-refractivity contribution in [2.24, 2.45) is 5.73 Å². The van der Waals surface area contributed by atoms with Gasteiger partial charge in [-0.05, 0) is 43.1 Å². The Morgan fingerprint density at radius 3 is 2.48 bits per heavy atom. The highest BCUT2D eigenvalue weighted by Crippen LogP contribution is 2.19. The number of hydrogen-bond donors (Lipinski definition) is 2. The molecular weight excluding hydrogens is 362 g/mol. The zero-order valence-corrected chi connectivity index (χ0v) is 16.6. The summed E-state index contributed by atoms with van der Waals surface area (Å²) in [5, 5.41) is 0. The predicted octanol–water partition coefficient (Wildman–Crippen LogP) is 2.28. The molecular formula is C20H27N3O3S. The average Bonchev–Trinajstić information content (AvgIpc) is 2.65. The second-order valence-corrected chi connectivity index (χ2v) is 8.10. The fraction of sp³-hybridized carbons (Fsp3) is 0.350. The molecule has 0 atom stereocenters. The van der Waals surface area contributed by atoms with Crippen molar-refractivity contribution >= 4 is 15.9 Å². The van der Waals surface area contributed by atoms with E-state index < -0.39 is 10.0 Å². The number of benzene rings is 2. The summed E-state index contributed by atoms with van der Waals surface area (Å²) in [6, 6.07) is 14.3. The highest BCUT2D eigenvalue weighted by Gasteiger charge is 2.21. The first kappa shape index (κ1) is 21.1. The molecule has 0 aliphatic carbocycles. The lowest BCUT2D eigenvalue weighted by Crippen LogP contribution is -2.33. The van der Waals surface area contributed by atoms with Gasteiger partial charge in [0.2, 0.25) is 10.0 Å². The Balaban J connectivity index is 2.36. The van der Waals surface area contributed by atoms with Crippen LogP contribution in [0.15, 0.2) is 53.4 Å². The lowest BCUT2D eigenvalue weighted by Gasteiger charge is -2.24. The number of nitrogens with two attached hydrogens (primary N) is 1. The second kappa shape index (κ2) is 9.64. The van der Waals surface area contributed by atoms with Gasteiger partial charge in [-0.25, -0.2) is 13.1 Å². The maximum Gasteiger partial charge on any atom is 0.254 e. The zero-order valence-electron chi connectivity index (χ0n) is 15.8. The molecule has 27 heavy (non-hydrogen) atoms. The van der Waals surface area contributed by atoms with Crippen LogP contribution in [0.25, 0.3) is 0 Å². The van der Waals surface area contributed by atoms with Crippen molar-refractivity contribution < 1.29 is 13.2 Å². The molecule has 0 bridgehead atoms. The summed E-state index contributed by atoms with van der Waals surface area (Å²) >= 11 is 0. The SMILES string of the molecule is CCNS(=O)(=O)c1ccc(C)c(C(=O)N(CCCN)Cc2ccccc2)c1. The van der Waals surface area contributed by atoms with E-state index in [1.54, 1.807) is 24.8 Å². The van der Waals surface area contributed by atoms with Crippen molar-refractivity contribution in [3.05, 3.63) is 65.2 Å². The first-order valence-corrected chi connectivity index (χ1v) is 10.5. The Bertz CT molecular complexity index is 867. The van der Waals surface area contributed by atoms with Crippen molar-refractivity contribution in [2.75, 3.05) is 19.6 Å². The molecule has 0 heterocycles. The third-order valence-electron chi connectivity index (χ3n) is 4.22. The van der Waals surface area contributed by atoms with E-state index in [-0.39, 0.29) is 17.3 Å². The van der Waals surface area contributed by atoms with Crippen LogP contribution in [0.5, 0.6) is 0 Å². The monoisotopic (exact) mass is 389 g/mol. The van der Waals surface area contributed by atoms with Gasteiger partial charge in [0.25, 0.3) is 5.91 Å². The maximum absolute atomic E-state index is 13.2. The van der Waals surface area contributed by atoms with Gasteiger partial charge >= 0.3 is 0 Å². The van der Waals surface area contributed by atoms with E-state index >= 15 is 0 Å². The molecule has 7 heteroatoms. The summed E-state index contributed by atoms with van der Waals surface area (Å²) in [7, 11) is -3.63. The van der Waals surface area contributed by atoms with Crippen LogP contribution in [0.4, 0.5) is 0 Å². The number of rotatable bonds is 9. The number of nitrogens with zero attached hydrogens (tertiary/aromatic N) is 1. The first-order chi connectivity index (χ1) is 12.9. The van der Waals surface area contributed by atoms with Crippen molar-refractivity contribution in [3.8, 4) is 0 Å². The van der Waals surface area contributed by atoms with E-state index in [1.165, 1.54) is 12.1 Å². The normalized spacial score (nSPS) is 11.4. The third-order valence-corrected chi connectivity index (χ3v) is 5.76. The van der Waals surface area contributed by atoms with Gasteiger partial charge in [0.1, 0.15) is 0 Å². The highest BCUT2D eigenvalue weighted by atomic mass is 32.2. The number of carbonyl (C=O) groups excluding carboxylic acids is 1. The van der Waals surface area contributed by atoms with Gasteiger partial charge in [0, 0.05) is 25.2 Å². The van der Waals surface area contributed by atoms with E-state index in [1.807, 2.05) is 30.3 Å². The Morgan fingerprint density at radius 1 is 1.15 bits per heavy atom. The van der Waals surface area contributed by atoms with Gasteiger partial charge in [-0.15, -0.1) is 0 Å². The molecule has 0 spiro atoms. The molecule has 0 radical (unpaired) electrons. The molecule has 0 saturated heterocycles. The molecule has 0 aliphatic heterocycles. The van der Waals surface area contributed by atoms with Crippen LogP contribution in [-0.2, 0) is 16.6 Å². The number of carbonyl (C=O) groups is 1. The Hall–Kier alpha value is -2.22. The second-order valence-electron chi connectivity index (χ2n) is 6.33. The van der Waals surface area contributed by atoms with Crippen molar-refractivity contribution in [3.63, 3.8) is 0 Å². The van der Waals surface area contributed by atoms with E-state index in [0.717, 1.165) is 11.1 Å². The van der Waals surface area contributed by atoms with Gasteiger partial charge in [-0.1, -0.05) is 43.3 Å². The number of aryl methyl sites for hydroxylation is 1. The number of nitrogens with one attached hydrogen (secondary N) is 1. The van der Waals surface area contributed by atoms with Crippen LogP contribution >= 0.6 is 0 Å². The molecule has 2 aromatic carbocycles. The molecule has 6 nitrogen and oxygen atoms in total. The molecule has 1 amide bonds. The summed E-state index contributed by atoms with van der Waals surface area (Å²) in [5.41, 5.74) is 7.77. The van der Waals surface area contributed by atoms with Crippen LogP contribution in [0.3, 0.4) is 0 Å². The van der Waals surface area contributed by atoms with E-state index in [9.17, 15) is 13.2 Å². The predicted molar refractivity (Wildman–Crippen MR) is 107 cm³/mol. The van der Waals surface area contributed by atoms with Crippen LogP contribution in [0.1, 0.15) is 34.8 Å². The summed E-state index contributed by atoms with van der Waals surface area (Å²) in [6.45, 7) is 5.24. The van der Waals surface area contributed by atoms with Gasteiger partial charge in [-0.3, -0.25) is 4.79 Å². The van der Waals surface area contributed by atoms with E-state index in [2.05, 4.69) is 4.72 Å². The summed E-state index contributed by atoms with van der Waals surface area (Å²) < 4.78 is 27.1. The van der Waals surface area contributed by atoms with Crippen molar-refractivity contribution in [1.82, 2.24) is 9.62 Å². The molecule has 3 N–H and O–H groups in total. The average molecular weight is 390 g/mol. The fourth-order valence-corrected chi connectivity index (χ4v) is 3.85. The Labute approximate surface area is 161 Å². The highest BCUT2D eigenvalue weighted by molar-refractivity contribution is 7.89. The van der Waals surface area contributed by atoms with Gasteiger partial charge < -0.3 is 10.6 Å². The lowest BCUT2D eigenvalue weighted by molar-refractivity contribution is 0.0741. The minimum Gasteiger partial charge on any atom is -0.334 e. The molecule has 0 saturated carbocycles. The summed E-state index contributed by atoms with van der Waals surface area (Å²) in [4.78, 5) is 15.0. The largest absolute Gasteiger partial charge is 0.334 e. The minimum atomic E-state index is -3.63. The number of hydrogen-bond acceptors (Lipinski definition) is 4. The van der Waals surface area contributed by atoms with Crippen LogP contribution in [-0.4, -0.2) is 38.9 Å². The molecule has 2 aromatic rings. The van der Waals surface area contributed by atoms with E-state index in [0.29, 0.717) is 31.6 Å². The molecule has 0 aliphatic rings. The molecule has 146 valence electrons. The molecule has 0 unspecified atom stereocenters. The van der Waals surface area contributed by atoms with Gasteiger partial charge in [0.05, 0.1) is 4.90 Å². The Morgan fingerprint density at radius 2 is 1.85 bits per heavy atom. The van der Waals surface area contributed by atoms with Crippen LogP contribution in [0.2, 0.25) is 0 Å². The van der Waals surface area contributed by atoms with Crippen molar-refractivity contribution in [1.29, 1.82) is 0 Å². The number of amides is 1. The first-order valence-electron chi connectivity index (χ1n) is 9.02. The van der Waals surface area contributed by atoms with Crippen molar-refractivity contribution in [2.45, 2.75) is 31.7 Å². The van der Waals surface area contributed by atoms with Crippen LogP contribution in [0, 0.1) is 6.92 Å². The standard InChI is InChI=1S/C20H27N3O3S/c1-3-22-27(25,26)18-11-10-16(2)19(14-18)20(24)23(13-7-12-21)15-17-8-5-4-6-9-17/h4-6,8-11,14,22H,3,7,12-13,15,21H2,1-2H3. The van der Waals surface area contributed by atoms with Gasteiger partial charge in [0.15, 0.2) is 0 Å². The number of sulfonamides is 1. The van der Waals surface area contributed by atoms with E-state index in [4.69, 9.17) is 5.73 Å². The molecule has 2 rings (SSSR count). The minimum absolute atomic E-state index is 0.0942.